The van der Waals surface area contributed by atoms with Gasteiger partial charge in [-0.2, -0.15) is 0 Å². The molecule has 0 bridgehead atoms. The monoisotopic (exact) mass is 396 g/mol. The van der Waals surface area contributed by atoms with Crippen LogP contribution in [0.5, 0.6) is 0 Å². The van der Waals surface area contributed by atoms with Crippen molar-refractivity contribution >= 4 is 37.3 Å². The van der Waals surface area contributed by atoms with E-state index < -0.39 is 10.0 Å². The Bertz CT molecular complexity index is 545. The summed E-state index contributed by atoms with van der Waals surface area (Å²) in [5, 5.41) is 3.03. The number of thiophene rings is 1. The van der Waals surface area contributed by atoms with E-state index in [1.807, 2.05) is 7.05 Å². The average Bonchev–Trinajstić information content (AvgIpc) is 2.70. The molecule has 21 heavy (non-hydrogen) atoms. The summed E-state index contributed by atoms with van der Waals surface area (Å²) in [5.41, 5.74) is 0. The van der Waals surface area contributed by atoms with Crippen molar-refractivity contribution in [2.24, 2.45) is 17.8 Å². The van der Waals surface area contributed by atoms with Crippen molar-refractivity contribution < 1.29 is 8.42 Å². The fourth-order valence-electron chi connectivity index (χ4n) is 2.37. The Hall–Kier alpha value is 0.0500. The molecule has 0 amide bonds. The summed E-state index contributed by atoms with van der Waals surface area (Å²) in [6.07, 6.45) is 0. The summed E-state index contributed by atoms with van der Waals surface area (Å²) >= 11 is 4.81. The Labute approximate surface area is 140 Å². The third-order valence-electron chi connectivity index (χ3n) is 3.57. The third kappa shape index (κ3) is 5.32. The van der Waals surface area contributed by atoms with Gasteiger partial charge in [0, 0.05) is 18.0 Å². The van der Waals surface area contributed by atoms with E-state index in [1.54, 1.807) is 6.07 Å². The fraction of sp³-hybridized carbons (Fsp3) is 0.714. The molecular weight excluding hydrogens is 372 g/mol. The lowest BCUT2D eigenvalue weighted by Crippen LogP contribution is -2.33. The van der Waals surface area contributed by atoms with Crippen LogP contribution in [-0.2, 0) is 16.6 Å². The third-order valence-corrected chi connectivity index (χ3v) is 7.24. The van der Waals surface area contributed by atoms with Crippen molar-refractivity contribution in [2.45, 2.75) is 39.1 Å². The van der Waals surface area contributed by atoms with Gasteiger partial charge in [-0.3, -0.25) is 0 Å². The minimum absolute atomic E-state index is 0.328. The number of sulfonamides is 1. The second-order valence-electron chi connectivity index (χ2n) is 5.88. The summed E-state index contributed by atoms with van der Waals surface area (Å²) in [6.45, 7) is 9.66. The molecule has 0 spiro atoms. The van der Waals surface area contributed by atoms with Gasteiger partial charge in [0.1, 0.15) is 4.90 Å². The van der Waals surface area contributed by atoms with Gasteiger partial charge >= 0.3 is 0 Å². The molecule has 0 aliphatic carbocycles. The van der Waals surface area contributed by atoms with E-state index in [1.165, 1.54) is 11.3 Å². The Balaban J connectivity index is 2.86. The fourth-order valence-corrected chi connectivity index (χ4v) is 6.13. The number of halogens is 1. The molecule has 2 N–H and O–H groups in total. The molecule has 0 radical (unpaired) electrons. The van der Waals surface area contributed by atoms with Crippen LogP contribution in [-0.4, -0.2) is 22.0 Å². The van der Waals surface area contributed by atoms with E-state index in [4.69, 9.17) is 0 Å². The van der Waals surface area contributed by atoms with Crippen LogP contribution in [0.3, 0.4) is 0 Å². The molecule has 7 heteroatoms. The molecule has 122 valence electrons. The zero-order chi connectivity index (χ0) is 16.2. The predicted octanol–water partition coefficient (Wildman–Crippen LogP) is 3.44. The minimum Gasteiger partial charge on any atom is -0.315 e. The molecule has 0 fully saturated rings. The summed E-state index contributed by atoms with van der Waals surface area (Å²) in [5.74, 6) is 1.21. The van der Waals surface area contributed by atoms with Crippen LogP contribution in [0.4, 0.5) is 0 Å². The molecule has 4 nitrogen and oxygen atoms in total. The van der Waals surface area contributed by atoms with Gasteiger partial charge in [0.25, 0.3) is 0 Å². The first-order valence-corrected chi connectivity index (χ1v) is 10.2. The molecular formula is C14H25BrN2O2S2. The van der Waals surface area contributed by atoms with Crippen molar-refractivity contribution in [3.8, 4) is 0 Å². The maximum absolute atomic E-state index is 12.5. The van der Waals surface area contributed by atoms with Gasteiger partial charge in [0.05, 0.1) is 3.79 Å². The van der Waals surface area contributed by atoms with E-state index in [9.17, 15) is 8.42 Å². The molecule has 0 unspecified atom stereocenters. The molecule has 1 rings (SSSR count). The van der Waals surface area contributed by atoms with Crippen LogP contribution < -0.4 is 10.0 Å². The van der Waals surface area contributed by atoms with E-state index in [0.29, 0.717) is 39.5 Å². The molecule has 0 aliphatic rings. The smallest absolute Gasteiger partial charge is 0.242 e. The van der Waals surface area contributed by atoms with Crippen molar-refractivity contribution in [3.05, 3.63) is 14.7 Å². The van der Waals surface area contributed by atoms with Gasteiger partial charge in [-0.15, -0.1) is 11.3 Å². The number of hydrogen-bond donors (Lipinski definition) is 2. The molecule has 1 aromatic heterocycles. The SMILES string of the molecule is CNCc1cc(S(=O)(=O)NCC(C(C)C)C(C)C)c(Br)s1. The molecule has 0 aromatic carbocycles. The second kappa shape index (κ2) is 8.06. The van der Waals surface area contributed by atoms with E-state index >= 15 is 0 Å². The first-order valence-electron chi connectivity index (χ1n) is 7.11. The normalized spacial score (nSPS) is 12.8. The van der Waals surface area contributed by atoms with Crippen molar-refractivity contribution in [1.29, 1.82) is 0 Å². The molecule has 1 aromatic rings. The predicted molar refractivity (Wildman–Crippen MR) is 93.1 cm³/mol. The van der Waals surface area contributed by atoms with Gasteiger partial charge in [-0.05, 0) is 46.8 Å². The lowest BCUT2D eigenvalue weighted by Gasteiger charge is -2.24. The summed E-state index contributed by atoms with van der Waals surface area (Å²) in [4.78, 5) is 1.33. The minimum atomic E-state index is -3.46. The van der Waals surface area contributed by atoms with Crippen molar-refractivity contribution in [3.63, 3.8) is 0 Å². The second-order valence-corrected chi connectivity index (χ2v) is 10.1. The molecule has 0 saturated carbocycles. The maximum atomic E-state index is 12.5. The first-order chi connectivity index (χ1) is 9.69. The molecule has 1 heterocycles. The molecule has 0 atom stereocenters. The highest BCUT2D eigenvalue weighted by molar-refractivity contribution is 9.11. The van der Waals surface area contributed by atoms with E-state index in [2.05, 4.69) is 53.7 Å². The topological polar surface area (TPSA) is 58.2 Å². The van der Waals surface area contributed by atoms with Crippen LogP contribution in [0.15, 0.2) is 14.7 Å². The summed E-state index contributed by atoms with van der Waals surface area (Å²) in [7, 11) is -1.62. The Morgan fingerprint density at radius 1 is 1.24 bits per heavy atom. The highest BCUT2D eigenvalue weighted by Crippen LogP contribution is 2.32. The van der Waals surface area contributed by atoms with Crippen LogP contribution >= 0.6 is 27.3 Å². The highest BCUT2D eigenvalue weighted by Gasteiger charge is 2.24. The molecule has 0 aliphatic heterocycles. The van der Waals surface area contributed by atoms with Crippen molar-refractivity contribution in [2.75, 3.05) is 13.6 Å². The lowest BCUT2D eigenvalue weighted by molar-refractivity contribution is 0.289. The number of rotatable bonds is 8. The standard InChI is InChI=1S/C14H25BrN2O2S2/c1-9(2)12(10(3)4)8-17-21(18,19)13-6-11(7-16-5)20-14(13)15/h6,9-10,12,16-17H,7-8H2,1-5H3. The quantitative estimate of drug-likeness (QED) is 0.707. The van der Waals surface area contributed by atoms with Gasteiger partial charge in [-0.25, -0.2) is 13.1 Å². The van der Waals surface area contributed by atoms with Crippen LogP contribution in [0, 0.1) is 17.8 Å². The maximum Gasteiger partial charge on any atom is 0.242 e. The van der Waals surface area contributed by atoms with E-state index in [0.717, 1.165) is 4.88 Å². The van der Waals surface area contributed by atoms with Gasteiger partial charge < -0.3 is 5.32 Å². The number of hydrogen-bond acceptors (Lipinski definition) is 4. The van der Waals surface area contributed by atoms with Crippen molar-refractivity contribution in [1.82, 2.24) is 10.0 Å². The number of nitrogens with one attached hydrogen (secondary N) is 2. The van der Waals surface area contributed by atoms with Crippen LogP contribution in [0.25, 0.3) is 0 Å². The zero-order valence-electron chi connectivity index (χ0n) is 13.2. The highest BCUT2D eigenvalue weighted by atomic mass is 79.9. The van der Waals surface area contributed by atoms with Crippen LogP contribution in [0.2, 0.25) is 0 Å². The Kier molecular flexibility index (Phi) is 7.33. The van der Waals surface area contributed by atoms with E-state index in [-0.39, 0.29) is 0 Å². The Morgan fingerprint density at radius 3 is 2.29 bits per heavy atom. The lowest BCUT2D eigenvalue weighted by atomic mass is 9.86. The van der Waals surface area contributed by atoms with Gasteiger partial charge in [-0.1, -0.05) is 27.7 Å². The largest absolute Gasteiger partial charge is 0.315 e. The average molecular weight is 397 g/mol. The Morgan fingerprint density at radius 2 is 1.81 bits per heavy atom. The van der Waals surface area contributed by atoms with Gasteiger partial charge in [0.2, 0.25) is 10.0 Å². The van der Waals surface area contributed by atoms with Gasteiger partial charge in [0.15, 0.2) is 0 Å². The summed E-state index contributed by atoms with van der Waals surface area (Å²) in [6, 6.07) is 1.73. The first kappa shape index (κ1) is 19.1. The zero-order valence-corrected chi connectivity index (χ0v) is 16.5. The summed E-state index contributed by atoms with van der Waals surface area (Å²) < 4.78 is 28.4. The van der Waals surface area contributed by atoms with Crippen LogP contribution in [0.1, 0.15) is 32.6 Å². The molecule has 0 saturated heterocycles.